The molecule has 1 N–H and O–H groups in total. The highest BCUT2D eigenvalue weighted by Gasteiger charge is 2.12. The number of benzene rings is 2. The van der Waals surface area contributed by atoms with Crippen LogP contribution in [0.4, 0.5) is 11.5 Å². The van der Waals surface area contributed by atoms with Gasteiger partial charge in [-0.2, -0.15) is 5.10 Å². The lowest BCUT2D eigenvalue weighted by molar-refractivity contribution is 0.416. The van der Waals surface area contributed by atoms with Gasteiger partial charge in [0.1, 0.15) is 11.6 Å². The zero-order chi connectivity index (χ0) is 16.4. The minimum absolute atomic E-state index is 0.769. The van der Waals surface area contributed by atoms with E-state index in [2.05, 4.69) is 10.4 Å². The molecular formula is C19H16N4O. The Kier molecular flexibility index (Phi) is 3.59. The normalized spacial score (nSPS) is 10.7. The first-order valence-electron chi connectivity index (χ1n) is 7.65. The summed E-state index contributed by atoms with van der Waals surface area (Å²) in [5.41, 5.74) is 3.68. The lowest BCUT2D eigenvalue weighted by atomic mass is 10.1. The second kappa shape index (κ2) is 6.04. The topological polar surface area (TPSA) is 51.5 Å². The van der Waals surface area contributed by atoms with Gasteiger partial charge in [-0.15, -0.1) is 0 Å². The Balaban J connectivity index is 1.79. The monoisotopic (exact) mass is 316 g/mol. The molecule has 0 aliphatic rings. The van der Waals surface area contributed by atoms with Gasteiger partial charge in [-0.05, 0) is 24.3 Å². The summed E-state index contributed by atoms with van der Waals surface area (Å²) >= 11 is 0. The number of fused-ring (bicyclic) bond motifs is 1. The van der Waals surface area contributed by atoms with E-state index < -0.39 is 0 Å². The van der Waals surface area contributed by atoms with Crippen LogP contribution in [-0.2, 0) is 0 Å². The summed E-state index contributed by atoms with van der Waals surface area (Å²) in [7, 11) is 1.67. The van der Waals surface area contributed by atoms with Crippen LogP contribution in [0.5, 0.6) is 5.75 Å². The lowest BCUT2D eigenvalue weighted by Gasteiger charge is -2.08. The van der Waals surface area contributed by atoms with Crippen molar-refractivity contribution in [3.05, 3.63) is 73.1 Å². The molecule has 24 heavy (non-hydrogen) atoms. The highest BCUT2D eigenvalue weighted by atomic mass is 16.5. The lowest BCUT2D eigenvalue weighted by Crippen LogP contribution is -1.97. The molecule has 118 valence electrons. The number of nitrogens with zero attached hydrogens (tertiary/aromatic N) is 3. The molecule has 0 amide bonds. The van der Waals surface area contributed by atoms with Gasteiger partial charge >= 0.3 is 0 Å². The second-order valence-electron chi connectivity index (χ2n) is 5.33. The number of para-hydroxylation sites is 2. The van der Waals surface area contributed by atoms with Crippen molar-refractivity contribution in [1.29, 1.82) is 0 Å². The van der Waals surface area contributed by atoms with E-state index in [0.717, 1.165) is 34.0 Å². The minimum Gasteiger partial charge on any atom is -0.496 e. The Morgan fingerprint density at radius 3 is 2.54 bits per heavy atom. The number of rotatable bonds is 4. The zero-order valence-electron chi connectivity index (χ0n) is 13.2. The number of ether oxygens (including phenoxy) is 1. The van der Waals surface area contributed by atoms with Gasteiger partial charge in [0.05, 0.1) is 18.9 Å². The largest absolute Gasteiger partial charge is 0.496 e. The van der Waals surface area contributed by atoms with Gasteiger partial charge in [-0.1, -0.05) is 36.4 Å². The SMILES string of the molecule is COc1ccccc1-c1cnn2ccc(Nc3ccccc3)nc12. The van der Waals surface area contributed by atoms with E-state index in [1.807, 2.05) is 73.1 Å². The van der Waals surface area contributed by atoms with Crippen LogP contribution in [0.1, 0.15) is 0 Å². The fourth-order valence-corrected chi connectivity index (χ4v) is 2.67. The second-order valence-corrected chi connectivity index (χ2v) is 5.33. The van der Waals surface area contributed by atoms with E-state index in [0.29, 0.717) is 0 Å². The van der Waals surface area contributed by atoms with E-state index in [9.17, 15) is 0 Å². The number of hydrogen-bond acceptors (Lipinski definition) is 4. The average Bonchev–Trinajstić information content (AvgIpc) is 3.05. The fourth-order valence-electron chi connectivity index (χ4n) is 2.67. The number of methoxy groups -OCH3 is 1. The molecule has 0 radical (unpaired) electrons. The third kappa shape index (κ3) is 2.56. The zero-order valence-corrected chi connectivity index (χ0v) is 13.2. The quantitative estimate of drug-likeness (QED) is 0.614. The molecule has 0 bridgehead atoms. The molecular weight excluding hydrogens is 300 g/mol. The van der Waals surface area contributed by atoms with E-state index in [1.165, 1.54) is 0 Å². The molecule has 0 saturated carbocycles. The Morgan fingerprint density at radius 1 is 0.917 bits per heavy atom. The van der Waals surface area contributed by atoms with Gasteiger partial charge in [0, 0.05) is 17.4 Å². The van der Waals surface area contributed by atoms with Crippen LogP contribution in [-0.4, -0.2) is 21.7 Å². The molecule has 0 unspecified atom stereocenters. The molecule has 0 atom stereocenters. The summed E-state index contributed by atoms with van der Waals surface area (Å²) in [6.45, 7) is 0. The molecule has 2 heterocycles. The maximum absolute atomic E-state index is 5.46. The van der Waals surface area contributed by atoms with E-state index in [1.54, 1.807) is 11.6 Å². The fraction of sp³-hybridized carbons (Fsp3) is 0.0526. The van der Waals surface area contributed by atoms with Crippen LogP contribution in [0.2, 0.25) is 0 Å². The van der Waals surface area contributed by atoms with Gasteiger partial charge in [0.15, 0.2) is 5.65 Å². The van der Waals surface area contributed by atoms with E-state index >= 15 is 0 Å². The van der Waals surface area contributed by atoms with E-state index in [4.69, 9.17) is 9.72 Å². The summed E-state index contributed by atoms with van der Waals surface area (Å²) in [5.74, 6) is 1.57. The van der Waals surface area contributed by atoms with Crippen LogP contribution in [0.15, 0.2) is 73.1 Å². The maximum atomic E-state index is 5.46. The Morgan fingerprint density at radius 2 is 1.71 bits per heavy atom. The van der Waals surface area contributed by atoms with Crippen molar-refractivity contribution < 1.29 is 4.74 Å². The Hall–Kier alpha value is -3.34. The van der Waals surface area contributed by atoms with Crippen molar-refractivity contribution in [1.82, 2.24) is 14.6 Å². The number of aromatic nitrogens is 3. The third-order valence-electron chi connectivity index (χ3n) is 3.81. The summed E-state index contributed by atoms with van der Waals surface area (Å²) in [4.78, 5) is 4.72. The summed E-state index contributed by atoms with van der Waals surface area (Å²) < 4.78 is 7.23. The molecule has 5 nitrogen and oxygen atoms in total. The Labute approximate surface area is 139 Å². The molecule has 5 heteroatoms. The first-order chi connectivity index (χ1) is 11.8. The van der Waals surface area contributed by atoms with Gasteiger partial charge in [-0.25, -0.2) is 9.50 Å². The van der Waals surface area contributed by atoms with Gasteiger partial charge in [0.25, 0.3) is 0 Å². The summed E-state index contributed by atoms with van der Waals surface area (Å²) in [6.07, 6.45) is 3.71. The predicted molar refractivity (Wildman–Crippen MR) is 94.7 cm³/mol. The standard InChI is InChI=1S/C19H16N4O/c1-24-17-10-6-5-9-15(17)16-13-20-23-12-11-18(22-19(16)23)21-14-7-3-2-4-8-14/h2-13H,1H3,(H,21,22). The summed E-state index contributed by atoms with van der Waals surface area (Å²) in [5, 5.41) is 7.70. The van der Waals surface area contributed by atoms with Crippen LogP contribution in [0.3, 0.4) is 0 Å². The average molecular weight is 316 g/mol. The van der Waals surface area contributed by atoms with Crippen molar-refractivity contribution in [3.63, 3.8) is 0 Å². The number of nitrogens with one attached hydrogen (secondary N) is 1. The Bertz CT molecular complexity index is 979. The molecule has 0 aliphatic heterocycles. The number of hydrogen-bond donors (Lipinski definition) is 1. The molecule has 2 aromatic heterocycles. The third-order valence-corrected chi connectivity index (χ3v) is 3.81. The predicted octanol–water partition coefficient (Wildman–Crippen LogP) is 4.15. The highest BCUT2D eigenvalue weighted by Crippen LogP contribution is 2.32. The smallest absolute Gasteiger partial charge is 0.165 e. The molecule has 4 aromatic rings. The first-order valence-corrected chi connectivity index (χ1v) is 7.65. The van der Waals surface area contributed by atoms with Crippen molar-refractivity contribution in [2.75, 3.05) is 12.4 Å². The van der Waals surface area contributed by atoms with Crippen molar-refractivity contribution in [3.8, 4) is 16.9 Å². The minimum atomic E-state index is 0.769. The van der Waals surface area contributed by atoms with E-state index in [-0.39, 0.29) is 0 Å². The van der Waals surface area contributed by atoms with Crippen LogP contribution >= 0.6 is 0 Å². The van der Waals surface area contributed by atoms with Crippen molar-refractivity contribution in [2.24, 2.45) is 0 Å². The van der Waals surface area contributed by atoms with Crippen LogP contribution < -0.4 is 10.1 Å². The van der Waals surface area contributed by atoms with Crippen LogP contribution in [0, 0.1) is 0 Å². The van der Waals surface area contributed by atoms with Crippen molar-refractivity contribution in [2.45, 2.75) is 0 Å². The molecule has 4 rings (SSSR count). The van der Waals surface area contributed by atoms with Crippen LogP contribution in [0.25, 0.3) is 16.8 Å². The molecule has 0 saturated heterocycles. The number of anilines is 2. The summed E-state index contributed by atoms with van der Waals surface area (Å²) in [6, 6.07) is 19.7. The van der Waals surface area contributed by atoms with Gasteiger partial charge in [-0.3, -0.25) is 0 Å². The first kappa shape index (κ1) is 14.3. The van der Waals surface area contributed by atoms with Crippen molar-refractivity contribution >= 4 is 17.2 Å². The maximum Gasteiger partial charge on any atom is 0.165 e. The molecule has 0 aliphatic carbocycles. The molecule has 0 spiro atoms. The molecule has 0 fully saturated rings. The highest BCUT2D eigenvalue weighted by molar-refractivity contribution is 5.81. The van der Waals surface area contributed by atoms with Gasteiger partial charge < -0.3 is 10.1 Å². The molecule has 2 aromatic carbocycles. The van der Waals surface area contributed by atoms with Gasteiger partial charge in [0.2, 0.25) is 0 Å².